The molecule has 0 bridgehead atoms. The molecule has 0 aliphatic heterocycles. The maximum absolute atomic E-state index is 12.0. The number of rotatable bonds is 8. The summed E-state index contributed by atoms with van der Waals surface area (Å²) in [6, 6.07) is 36.6. The number of nitrogens with zero attached hydrogens (tertiary/aromatic N) is 1. The molecule has 178 valence electrons. The zero-order valence-corrected chi connectivity index (χ0v) is 23.9. The number of carbonyl (C=O) groups excluding carboxylic acids is 1. The summed E-state index contributed by atoms with van der Waals surface area (Å²) in [6.07, 6.45) is 0. The normalized spacial score (nSPS) is 10.3. The summed E-state index contributed by atoms with van der Waals surface area (Å²) < 4.78 is 16.8. The molecule has 0 amide bonds. The predicted molar refractivity (Wildman–Crippen MR) is 142 cm³/mol. The second kappa shape index (κ2) is 12.9. The fraction of sp³-hybridized carbons (Fsp3) is 0.0645. The maximum Gasteiger partial charge on any atom is 1.00 e. The quantitative estimate of drug-likeness (QED) is 0.208. The zero-order valence-electron chi connectivity index (χ0n) is 20.8. The summed E-state index contributed by atoms with van der Waals surface area (Å²) in [5.41, 5.74) is 2.82. The minimum atomic E-state index is -0.416. The summed E-state index contributed by atoms with van der Waals surface area (Å²) in [4.78, 5) is 12.0. The van der Waals surface area contributed by atoms with E-state index in [0.29, 0.717) is 29.3 Å². The van der Waals surface area contributed by atoms with Gasteiger partial charge in [-0.2, -0.15) is 0 Å². The average molecular weight is 514 g/mol. The van der Waals surface area contributed by atoms with Crippen LogP contribution < -0.4 is 60.9 Å². The van der Waals surface area contributed by atoms with Crippen molar-refractivity contribution in [1.29, 1.82) is 0 Å². The van der Waals surface area contributed by atoms with Gasteiger partial charge in [0.25, 0.3) is 0 Å². The van der Waals surface area contributed by atoms with E-state index in [0.717, 1.165) is 27.8 Å². The maximum atomic E-state index is 12.0. The fourth-order valence-corrected chi connectivity index (χ4v) is 3.81. The molecule has 0 aliphatic rings. The fourth-order valence-electron chi connectivity index (χ4n) is 3.81. The number of esters is 1. The van der Waals surface area contributed by atoms with Crippen molar-refractivity contribution in [2.45, 2.75) is 6.61 Å². The van der Waals surface area contributed by atoms with Crippen molar-refractivity contribution in [3.8, 4) is 17.2 Å². The molecule has 0 aromatic heterocycles. The van der Waals surface area contributed by atoms with Gasteiger partial charge in [0.15, 0.2) is 0 Å². The first-order chi connectivity index (χ1) is 17.7. The molecule has 5 aromatic rings. The molecule has 0 fully saturated rings. The summed E-state index contributed by atoms with van der Waals surface area (Å²) in [5, 5.41) is 6.71. The number of fused-ring (bicyclic) bond motifs is 1. The summed E-state index contributed by atoms with van der Waals surface area (Å²) in [5.74, 6) is 1.84. The van der Waals surface area contributed by atoms with E-state index in [1.54, 1.807) is 18.2 Å². The number of ether oxygens (including phenoxy) is 3. The molecule has 5 nitrogen and oxygen atoms in total. The minimum Gasteiger partial charge on any atom is -0.657 e. The first kappa shape index (κ1) is 26.9. The SMILES string of the molecule is COC(=O)c1ccccc1[N-]c1ccc(Oc2ccc3cc(OCc4ccccc4)ccc3c2)cc1.[K+]. The van der Waals surface area contributed by atoms with Gasteiger partial charge in [0.05, 0.1) is 7.11 Å². The Hall–Kier alpha value is -3.13. The Morgan fingerprint density at radius 2 is 1.32 bits per heavy atom. The third-order valence-electron chi connectivity index (χ3n) is 5.66. The Kier molecular flexibility index (Phi) is 9.38. The number of methoxy groups -OCH3 is 1. The first-order valence-electron chi connectivity index (χ1n) is 11.6. The van der Waals surface area contributed by atoms with E-state index >= 15 is 0 Å². The van der Waals surface area contributed by atoms with Crippen LogP contribution in [0.15, 0.2) is 115 Å². The van der Waals surface area contributed by atoms with Crippen LogP contribution in [0, 0.1) is 0 Å². The van der Waals surface area contributed by atoms with Crippen molar-refractivity contribution in [3.05, 3.63) is 132 Å². The standard InChI is InChI=1S/C31H25NO4.K/c1-34-31(33)29-9-5-6-10-30(29)32-25-13-17-26(18-14-25)36-28-16-12-23-19-27(15-11-24(23)20-28)35-21-22-7-3-2-4-8-22;/h2-20H,21H2,1H3,(H,32,33);/q;+1/p-1. The number of hydrogen-bond acceptors (Lipinski definition) is 4. The van der Waals surface area contributed by atoms with E-state index in [9.17, 15) is 4.79 Å². The Bertz CT molecular complexity index is 1490. The van der Waals surface area contributed by atoms with Crippen LogP contribution in [0.1, 0.15) is 15.9 Å². The molecular weight excluding hydrogens is 489 g/mol. The van der Waals surface area contributed by atoms with Crippen LogP contribution in [0.5, 0.6) is 17.2 Å². The van der Waals surface area contributed by atoms with E-state index in [4.69, 9.17) is 14.2 Å². The predicted octanol–water partition coefficient (Wildman–Crippen LogP) is 5.34. The van der Waals surface area contributed by atoms with Gasteiger partial charge in [-0.3, -0.25) is 0 Å². The van der Waals surface area contributed by atoms with Crippen LogP contribution in [0.4, 0.5) is 11.4 Å². The number of carbonyl (C=O) groups is 1. The minimum absolute atomic E-state index is 0. The molecule has 0 N–H and O–H groups in total. The summed E-state index contributed by atoms with van der Waals surface area (Å²) in [6.45, 7) is 0.532. The van der Waals surface area contributed by atoms with Crippen molar-refractivity contribution in [2.24, 2.45) is 0 Å². The molecule has 5 aromatic carbocycles. The monoisotopic (exact) mass is 513 g/mol. The Morgan fingerprint density at radius 3 is 2.05 bits per heavy atom. The Labute approximate surface area is 258 Å². The molecule has 0 radical (unpaired) electrons. The van der Waals surface area contributed by atoms with Crippen molar-refractivity contribution in [2.75, 3.05) is 7.11 Å². The van der Waals surface area contributed by atoms with Crippen LogP contribution in [0.3, 0.4) is 0 Å². The van der Waals surface area contributed by atoms with E-state index < -0.39 is 5.97 Å². The van der Waals surface area contributed by atoms with E-state index in [-0.39, 0.29) is 51.4 Å². The summed E-state index contributed by atoms with van der Waals surface area (Å²) in [7, 11) is 1.36. The molecule has 0 unspecified atom stereocenters. The van der Waals surface area contributed by atoms with Gasteiger partial charge < -0.3 is 19.5 Å². The smallest absolute Gasteiger partial charge is 0.657 e. The van der Waals surface area contributed by atoms with Gasteiger partial charge in [0.1, 0.15) is 23.9 Å². The second-order valence-electron chi connectivity index (χ2n) is 8.16. The van der Waals surface area contributed by atoms with Crippen molar-refractivity contribution in [1.82, 2.24) is 0 Å². The molecule has 0 saturated carbocycles. The molecule has 0 spiro atoms. The Morgan fingerprint density at radius 1 is 0.703 bits per heavy atom. The molecular formula is C31H24KNO4. The van der Waals surface area contributed by atoms with E-state index in [2.05, 4.69) is 5.32 Å². The van der Waals surface area contributed by atoms with Gasteiger partial charge in [-0.05, 0) is 58.8 Å². The van der Waals surface area contributed by atoms with Gasteiger partial charge in [0.2, 0.25) is 0 Å². The summed E-state index contributed by atoms with van der Waals surface area (Å²) >= 11 is 0. The molecule has 0 saturated heterocycles. The largest absolute Gasteiger partial charge is 1.00 e. The van der Waals surface area contributed by atoms with Gasteiger partial charge in [0, 0.05) is 5.56 Å². The third kappa shape index (κ3) is 7.00. The zero-order chi connectivity index (χ0) is 24.7. The van der Waals surface area contributed by atoms with Crippen molar-refractivity contribution in [3.63, 3.8) is 0 Å². The van der Waals surface area contributed by atoms with Gasteiger partial charge >= 0.3 is 57.4 Å². The van der Waals surface area contributed by atoms with Gasteiger partial charge in [-0.25, -0.2) is 4.79 Å². The van der Waals surface area contributed by atoms with E-state index in [1.165, 1.54) is 7.11 Å². The van der Waals surface area contributed by atoms with Crippen LogP contribution in [-0.4, -0.2) is 13.1 Å². The van der Waals surface area contributed by atoms with Crippen LogP contribution in [-0.2, 0) is 11.3 Å². The third-order valence-corrected chi connectivity index (χ3v) is 5.66. The number of para-hydroxylation sites is 1. The molecule has 0 atom stereocenters. The molecule has 6 heteroatoms. The van der Waals surface area contributed by atoms with Crippen LogP contribution in [0.2, 0.25) is 0 Å². The van der Waals surface area contributed by atoms with Crippen LogP contribution >= 0.6 is 0 Å². The van der Waals surface area contributed by atoms with E-state index in [1.807, 2.05) is 97.1 Å². The second-order valence-corrected chi connectivity index (χ2v) is 8.16. The topological polar surface area (TPSA) is 58.9 Å². The Balaban J connectivity index is 0.00000320. The molecule has 0 aliphatic carbocycles. The van der Waals surface area contributed by atoms with Gasteiger partial charge in [-0.15, -0.1) is 11.4 Å². The number of hydrogen-bond donors (Lipinski definition) is 0. The average Bonchev–Trinajstić information content (AvgIpc) is 2.93. The number of benzene rings is 5. The van der Waals surface area contributed by atoms with Crippen LogP contribution in [0.25, 0.3) is 16.1 Å². The van der Waals surface area contributed by atoms with Crippen molar-refractivity contribution >= 4 is 28.1 Å². The first-order valence-corrected chi connectivity index (χ1v) is 11.6. The molecule has 37 heavy (non-hydrogen) atoms. The van der Waals surface area contributed by atoms with Gasteiger partial charge in [-0.1, -0.05) is 72.8 Å². The van der Waals surface area contributed by atoms with Crippen molar-refractivity contribution < 1.29 is 70.4 Å². The molecule has 5 rings (SSSR count). The molecule has 0 heterocycles.